The Bertz CT molecular complexity index is 0. The smallest absolute Gasteiger partial charge is 0 e. The molecule has 0 aliphatic carbocycles. The zero-order chi connectivity index (χ0) is 0. The first-order valence-corrected chi connectivity index (χ1v) is 0. The van der Waals surface area contributed by atoms with E-state index in [2.05, 4.69) is 0 Å². The molecule has 0 unspecified atom stereocenters. The van der Waals surface area contributed by atoms with Gasteiger partial charge in [-0.3, -0.25) is 0 Å². The zero-order valence-corrected chi connectivity index (χ0v) is 77.2. The summed E-state index contributed by atoms with van der Waals surface area (Å²) in [5, 5.41) is 0. The molecule has 21 heteroatoms. The van der Waals surface area contributed by atoms with Crippen molar-refractivity contribution >= 4 is 0 Å². The van der Waals surface area contributed by atoms with E-state index in [1.165, 1.54) is 0 Å². The van der Waals surface area contributed by atoms with Crippen LogP contribution in [0.4, 0.5) is 0 Å². The molecule has 0 N–H and O–H groups in total. The van der Waals surface area contributed by atoms with E-state index in [0.29, 0.717) is 0 Å². The first kappa shape index (κ1) is 218. The van der Waals surface area contributed by atoms with Crippen LogP contribution in [-0.2, 0) is 409 Å². The molecule has 0 amide bonds. The normalized spacial score (nSPS) is 0. The first-order chi connectivity index (χ1) is 0. The van der Waals surface area contributed by atoms with Gasteiger partial charge in [0, 0.05) is 409 Å². The van der Waals surface area contributed by atoms with Crippen LogP contribution in [0.3, 0.4) is 0 Å². The van der Waals surface area contributed by atoms with Crippen molar-refractivity contribution in [2.24, 2.45) is 0 Å². The third-order valence-corrected chi connectivity index (χ3v) is 0. The van der Waals surface area contributed by atoms with Gasteiger partial charge >= 0.3 is 0 Å². The molecule has 0 saturated carbocycles. The standard InChI is InChI=1S/21Zn. The average Bonchev–Trinajstić information content (AvgIpc) is 0. The van der Waals surface area contributed by atoms with Crippen LogP contribution in [0.25, 0.3) is 0 Å². The van der Waals surface area contributed by atoms with Crippen LogP contribution in [0, 0.1) is 0 Å². The van der Waals surface area contributed by atoms with Gasteiger partial charge in [-0.05, 0) is 0 Å². The summed E-state index contributed by atoms with van der Waals surface area (Å²) >= 11 is 0. The molecule has 0 spiro atoms. The molecule has 0 bridgehead atoms. The second-order valence-corrected chi connectivity index (χ2v) is 0. The molecule has 0 aromatic carbocycles. The van der Waals surface area contributed by atoms with Crippen molar-refractivity contribution in [2.75, 3.05) is 0 Å². The number of hydrogen-bond acceptors (Lipinski definition) is 0. The van der Waals surface area contributed by atoms with Gasteiger partial charge in [0.15, 0.2) is 0 Å². The Morgan fingerprint density at radius 3 is 0.0476 bits per heavy atom. The van der Waals surface area contributed by atoms with Crippen molar-refractivity contribution in [3.63, 3.8) is 0 Å². The Morgan fingerprint density at radius 2 is 0.0476 bits per heavy atom. The van der Waals surface area contributed by atoms with Gasteiger partial charge < -0.3 is 0 Å². The minimum atomic E-state index is 0. The maximum absolute atomic E-state index is 0. The van der Waals surface area contributed by atoms with E-state index >= 15 is 0 Å². The summed E-state index contributed by atoms with van der Waals surface area (Å²) in [6, 6.07) is 0. The predicted molar refractivity (Wildman–Crippen MR) is 0 cm³/mol. The van der Waals surface area contributed by atoms with Crippen molar-refractivity contribution < 1.29 is 409 Å². The summed E-state index contributed by atoms with van der Waals surface area (Å²) in [5.74, 6) is 0. The molecule has 0 fully saturated rings. The van der Waals surface area contributed by atoms with Crippen molar-refractivity contribution in [1.29, 1.82) is 0 Å². The largest absolute Gasteiger partial charge is 0 e. The molecular weight excluding hydrogens is 1370 g/mol. The second-order valence-electron chi connectivity index (χ2n) is 0. The Morgan fingerprint density at radius 1 is 0.0476 bits per heavy atom. The topological polar surface area (TPSA) is 0 Å². The first-order valence-electron chi connectivity index (χ1n) is 0. The van der Waals surface area contributed by atoms with E-state index < -0.39 is 0 Å². The van der Waals surface area contributed by atoms with Crippen molar-refractivity contribution in [1.82, 2.24) is 0 Å². The molecule has 0 nitrogen and oxygen atoms in total. The fraction of sp³-hybridized carbons (Fsp3) is 0. The summed E-state index contributed by atoms with van der Waals surface area (Å²) in [5.41, 5.74) is 0. The third-order valence-electron chi connectivity index (χ3n) is 0. The minimum Gasteiger partial charge on any atom is 0 e. The number of hydrogen-bond donors (Lipinski definition) is 0. The Labute approximate surface area is 398 Å². The maximum atomic E-state index is 0. The van der Waals surface area contributed by atoms with Crippen LogP contribution < -0.4 is 0 Å². The third kappa shape index (κ3) is 187. The van der Waals surface area contributed by atoms with Crippen LogP contribution in [0.2, 0.25) is 0 Å². The molecule has 0 atom stereocenters. The molecule has 21 heavy (non-hydrogen) atoms. The quantitative estimate of drug-likeness (QED) is 0.299. The van der Waals surface area contributed by atoms with Crippen LogP contribution in [0.1, 0.15) is 0 Å². The zero-order valence-electron chi connectivity index (χ0n) is 14.8. The van der Waals surface area contributed by atoms with Crippen molar-refractivity contribution in [3.05, 3.63) is 0 Å². The summed E-state index contributed by atoms with van der Waals surface area (Å²) in [7, 11) is 0. The average molecular weight is 1370 g/mol. The molecule has 0 rings (SSSR count). The van der Waals surface area contributed by atoms with Gasteiger partial charge in [0.1, 0.15) is 0 Å². The molecular formula is Zn21. The molecule has 0 aromatic heterocycles. The van der Waals surface area contributed by atoms with E-state index in [9.17, 15) is 0 Å². The molecule has 0 aliphatic rings. The van der Waals surface area contributed by atoms with Crippen LogP contribution in [0.5, 0.6) is 0 Å². The Balaban J connectivity index is 0. The van der Waals surface area contributed by atoms with Gasteiger partial charge in [-0.2, -0.15) is 0 Å². The van der Waals surface area contributed by atoms with E-state index in [1.807, 2.05) is 0 Å². The summed E-state index contributed by atoms with van der Waals surface area (Å²) in [4.78, 5) is 0. The van der Waals surface area contributed by atoms with Gasteiger partial charge in [0.25, 0.3) is 0 Å². The summed E-state index contributed by atoms with van der Waals surface area (Å²) in [6.45, 7) is 0. The SMILES string of the molecule is [Zn].[Zn].[Zn].[Zn].[Zn].[Zn].[Zn].[Zn].[Zn].[Zn].[Zn].[Zn].[Zn].[Zn].[Zn].[Zn].[Zn].[Zn].[Zn].[Zn].[Zn]. The van der Waals surface area contributed by atoms with Gasteiger partial charge in [-0.1, -0.05) is 0 Å². The monoisotopic (exact) mass is 1340 g/mol. The Hall–Kier alpha value is 13.1. The van der Waals surface area contributed by atoms with Crippen molar-refractivity contribution in [2.45, 2.75) is 0 Å². The molecule has 0 aliphatic heterocycles. The van der Waals surface area contributed by atoms with E-state index in [0.717, 1.165) is 0 Å². The Kier molecular flexibility index (Phi) is 2060. The van der Waals surface area contributed by atoms with Gasteiger partial charge in [0.2, 0.25) is 0 Å². The van der Waals surface area contributed by atoms with E-state index in [4.69, 9.17) is 0 Å². The predicted octanol–water partition coefficient (Wildman–Crippen LogP) is -0.0525. The summed E-state index contributed by atoms with van der Waals surface area (Å²) in [6.07, 6.45) is 0. The molecule has 0 radical (unpaired) electrons. The van der Waals surface area contributed by atoms with Crippen LogP contribution in [-0.4, -0.2) is 0 Å². The molecule has 42 valence electrons. The minimum absolute atomic E-state index is 0. The van der Waals surface area contributed by atoms with Gasteiger partial charge in [0.05, 0.1) is 0 Å². The molecule has 0 heterocycles. The summed E-state index contributed by atoms with van der Waals surface area (Å²) < 4.78 is 0. The molecule has 0 aromatic rings. The maximum Gasteiger partial charge on any atom is 0 e. The van der Waals surface area contributed by atoms with Gasteiger partial charge in [-0.25, -0.2) is 0 Å². The van der Waals surface area contributed by atoms with Crippen molar-refractivity contribution in [3.8, 4) is 0 Å². The van der Waals surface area contributed by atoms with Crippen LogP contribution >= 0.6 is 0 Å². The second kappa shape index (κ2) is 199. The number of rotatable bonds is 0. The fourth-order valence-electron chi connectivity index (χ4n) is 0. The fourth-order valence-corrected chi connectivity index (χ4v) is 0. The van der Waals surface area contributed by atoms with E-state index in [1.54, 1.807) is 0 Å². The van der Waals surface area contributed by atoms with Gasteiger partial charge in [-0.15, -0.1) is 0 Å². The van der Waals surface area contributed by atoms with E-state index in [-0.39, 0.29) is 409 Å². The molecule has 0 saturated heterocycles. The van der Waals surface area contributed by atoms with Crippen LogP contribution in [0.15, 0.2) is 0 Å².